The Hall–Kier alpha value is -3.54. The molecule has 6 heteroatoms. The molecule has 0 aliphatic rings. The van der Waals surface area contributed by atoms with E-state index in [2.05, 4.69) is 20.9 Å². The molecular formula is C20H20N4O2. The van der Waals surface area contributed by atoms with Crippen molar-refractivity contribution in [3.63, 3.8) is 0 Å². The number of para-hydroxylation sites is 4. The van der Waals surface area contributed by atoms with Gasteiger partial charge in [-0.25, -0.2) is 0 Å². The Morgan fingerprint density at radius 2 is 1.58 bits per heavy atom. The number of benzene rings is 2. The fraction of sp³-hybridized carbons (Fsp3) is 0.100. The number of hydrogen-bond donors (Lipinski definition) is 3. The number of rotatable bonds is 7. The third-order valence-electron chi connectivity index (χ3n) is 3.71. The van der Waals surface area contributed by atoms with E-state index in [4.69, 9.17) is 4.74 Å². The molecule has 6 nitrogen and oxygen atoms in total. The van der Waals surface area contributed by atoms with Gasteiger partial charge in [-0.3, -0.25) is 9.78 Å². The summed E-state index contributed by atoms with van der Waals surface area (Å²) in [4.78, 5) is 16.2. The second kappa shape index (κ2) is 8.53. The van der Waals surface area contributed by atoms with Gasteiger partial charge in [-0.15, -0.1) is 0 Å². The second-order valence-electron chi connectivity index (χ2n) is 5.51. The van der Waals surface area contributed by atoms with Crippen molar-refractivity contribution in [3.8, 4) is 5.75 Å². The topological polar surface area (TPSA) is 75.3 Å². The van der Waals surface area contributed by atoms with Gasteiger partial charge in [0.2, 0.25) is 5.91 Å². The Bertz CT molecular complexity index is 868. The minimum atomic E-state index is -0.143. The predicted molar refractivity (Wildman–Crippen MR) is 104 cm³/mol. The lowest BCUT2D eigenvalue weighted by Crippen LogP contribution is -2.22. The van der Waals surface area contributed by atoms with E-state index in [1.807, 2.05) is 60.7 Å². The van der Waals surface area contributed by atoms with Gasteiger partial charge in [-0.1, -0.05) is 24.3 Å². The molecule has 0 radical (unpaired) electrons. The summed E-state index contributed by atoms with van der Waals surface area (Å²) < 4.78 is 5.36. The molecule has 0 aliphatic carbocycles. The maximum Gasteiger partial charge on any atom is 0.243 e. The van der Waals surface area contributed by atoms with Crippen molar-refractivity contribution in [2.75, 3.05) is 29.6 Å². The van der Waals surface area contributed by atoms with Crippen molar-refractivity contribution < 1.29 is 9.53 Å². The van der Waals surface area contributed by atoms with Crippen molar-refractivity contribution in [2.24, 2.45) is 0 Å². The van der Waals surface area contributed by atoms with Gasteiger partial charge in [0.15, 0.2) is 0 Å². The molecule has 132 valence electrons. The fourth-order valence-electron chi connectivity index (χ4n) is 2.44. The lowest BCUT2D eigenvalue weighted by molar-refractivity contribution is -0.114. The number of nitrogens with one attached hydrogen (secondary N) is 3. The zero-order valence-electron chi connectivity index (χ0n) is 14.4. The van der Waals surface area contributed by atoms with E-state index in [9.17, 15) is 4.79 Å². The number of hydrogen-bond acceptors (Lipinski definition) is 5. The van der Waals surface area contributed by atoms with Crippen LogP contribution in [0.1, 0.15) is 0 Å². The van der Waals surface area contributed by atoms with Crippen LogP contribution >= 0.6 is 0 Å². The molecule has 0 fully saturated rings. The molecule has 26 heavy (non-hydrogen) atoms. The largest absolute Gasteiger partial charge is 0.495 e. The van der Waals surface area contributed by atoms with E-state index < -0.39 is 0 Å². The van der Waals surface area contributed by atoms with Crippen LogP contribution < -0.4 is 20.7 Å². The van der Waals surface area contributed by atoms with Gasteiger partial charge in [0.25, 0.3) is 0 Å². The fourth-order valence-corrected chi connectivity index (χ4v) is 2.44. The number of ether oxygens (including phenoxy) is 1. The highest BCUT2D eigenvalue weighted by Gasteiger charge is 2.09. The molecule has 0 atom stereocenters. The van der Waals surface area contributed by atoms with Crippen molar-refractivity contribution in [1.82, 2.24) is 4.98 Å². The highest BCUT2D eigenvalue weighted by molar-refractivity contribution is 5.97. The lowest BCUT2D eigenvalue weighted by atomic mass is 10.2. The normalized spacial score (nSPS) is 10.0. The van der Waals surface area contributed by atoms with E-state index in [1.165, 1.54) is 0 Å². The summed E-state index contributed by atoms with van der Waals surface area (Å²) in [6.45, 7) is 0.160. The number of amides is 1. The molecule has 3 rings (SSSR count). The van der Waals surface area contributed by atoms with Crippen molar-refractivity contribution in [1.29, 1.82) is 0 Å². The SMILES string of the molecule is COc1ccccc1Nc1ccccc1NC(=O)CNc1ccncc1. The van der Waals surface area contributed by atoms with Crippen molar-refractivity contribution in [2.45, 2.75) is 0 Å². The summed E-state index contributed by atoms with van der Waals surface area (Å²) in [6, 6.07) is 18.8. The first-order valence-electron chi connectivity index (χ1n) is 8.19. The smallest absolute Gasteiger partial charge is 0.243 e. The van der Waals surface area contributed by atoms with Crippen LogP contribution in [0.3, 0.4) is 0 Å². The average molecular weight is 348 g/mol. The molecule has 0 saturated heterocycles. The number of aromatic nitrogens is 1. The first-order chi connectivity index (χ1) is 12.8. The van der Waals surface area contributed by atoms with Crippen LogP contribution in [0.15, 0.2) is 73.1 Å². The number of anilines is 4. The predicted octanol–water partition coefficient (Wildman–Crippen LogP) is 3.88. The maximum atomic E-state index is 12.3. The van der Waals surface area contributed by atoms with Gasteiger partial charge in [0, 0.05) is 18.1 Å². The molecule has 0 saturated carbocycles. The van der Waals surface area contributed by atoms with E-state index >= 15 is 0 Å². The molecule has 0 bridgehead atoms. The van der Waals surface area contributed by atoms with E-state index in [0.29, 0.717) is 5.69 Å². The summed E-state index contributed by atoms with van der Waals surface area (Å²) in [6.07, 6.45) is 3.35. The van der Waals surface area contributed by atoms with E-state index in [-0.39, 0.29) is 12.5 Å². The number of nitrogens with zero attached hydrogens (tertiary/aromatic N) is 1. The summed E-state index contributed by atoms with van der Waals surface area (Å²) in [5.41, 5.74) is 3.15. The van der Waals surface area contributed by atoms with Crippen LogP contribution in [0.25, 0.3) is 0 Å². The molecule has 1 aromatic heterocycles. The Balaban J connectivity index is 1.68. The van der Waals surface area contributed by atoms with Gasteiger partial charge < -0.3 is 20.7 Å². The molecule has 0 spiro atoms. The van der Waals surface area contributed by atoms with Crippen molar-refractivity contribution >= 4 is 28.7 Å². The molecule has 1 amide bonds. The first-order valence-corrected chi connectivity index (χ1v) is 8.19. The van der Waals surface area contributed by atoms with E-state index in [0.717, 1.165) is 22.8 Å². The molecule has 0 aliphatic heterocycles. The van der Waals surface area contributed by atoms with Gasteiger partial charge in [0.05, 0.1) is 30.7 Å². The van der Waals surface area contributed by atoms with Gasteiger partial charge in [-0.2, -0.15) is 0 Å². The number of carbonyl (C=O) groups excluding carboxylic acids is 1. The highest BCUT2D eigenvalue weighted by atomic mass is 16.5. The summed E-state index contributed by atoms with van der Waals surface area (Å²) >= 11 is 0. The third kappa shape index (κ3) is 4.51. The minimum Gasteiger partial charge on any atom is -0.495 e. The van der Waals surface area contributed by atoms with Crippen molar-refractivity contribution in [3.05, 3.63) is 73.1 Å². The standard InChI is InChI=1S/C20H20N4O2/c1-26-19-9-5-4-8-18(19)23-16-6-2-3-7-17(16)24-20(25)14-22-15-10-12-21-13-11-15/h2-13,23H,14H2,1H3,(H,21,22)(H,24,25). The number of methoxy groups -OCH3 is 1. The zero-order chi connectivity index (χ0) is 18.2. The Morgan fingerprint density at radius 1 is 0.923 bits per heavy atom. The zero-order valence-corrected chi connectivity index (χ0v) is 14.4. The number of carbonyl (C=O) groups is 1. The van der Waals surface area contributed by atoms with Crippen LogP contribution in [-0.4, -0.2) is 24.5 Å². The maximum absolute atomic E-state index is 12.3. The van der Waals surface area contributed by atoms with Gasteiger partial charge in [-0.05, 0) is 36.4 Å². The molecule has 3 aromatic rings. The Morgan fingerprint density at radius 3 is 2.31 bits per heavy atom. The third-order valence-corrected chi connectivity index (χ3v) is 3.71. The average Bonchev–Trinajstić information content (AvgIpc) is 2.69. The summed E-state index contributed by atoms with van der Waals surface area (Å²) in [5, 5.41) is 9.28. The first kappa shape index (κ1) is 17.3. The van der Waals surface area contributed by atoms with Gasteiger partial charge >= 0.3 is 0 Å². The van der Waals surface area contributed by atoms with Crippen LogP contribution in [0, 0.1) is 0 Å². The van der Waals surface area contributed by atoms with Crippen LogP contribution in [0.5, 0.6) is 5.75 Å². The monoisotopic (exact) mass is 348 g/mol. The van der Waals surface area contributed by atoms with E-state index in [1.54, 1.807) is 19.5 Å². The Kier molecular flexibility index (Phi) is 5.67. The van der Waals surface area contributed by atoms with Crippen LogP contribution in [0.4, 0.5) is 22.7 Å². The minimum absolute atomic E-state index is 0.143. The van der Waals surface area contributed by atoms with Crippen LogP contribution in [-0.2, 0) is 4.79 Å². The highest BCUT2D eigenvalue weighted by Crippen LogP contribution is 2.30. The summed E-state index contributed by atoms with van der Waals surface area (Å²) in [5.74, 6) is 0.587. The number of pyridine rings is 1. The molecule has 0 unspecified atom stereocenters. The molecule has 3 N–H and O–H groups in total. The second-order valence-corrected chi connectivity index (χ2v) is 5.51. The van der Waals surface area contributed by atoms with Gasteiger partial charge in [0.1, 0.15) is 5.75 Å². The molecule has 1 heterocycles. The summed E-state index contributed by atoms with van der Waals surface area (Å²) in [7, 11) is 1.62. The Labute approximate surface area is 152 Å². The molecular weight excluding hydrogens is 328 g/mol. The lowest BCUT2D eigenvalue weighted by Gasteiger charge is -2.15. The quantitative estimate of drug-likeness (QED) is 0.604. The molecule has 2 aromatic carbocycles. The van der Waals surface area contributed by atoms with Crippen LogP contribution in [0.2, 0.25) is 0 Å².